The number of anilines is 1. The summed E-state index contributed by atoms with van der Waals surface area (Å²) in [6.07, 6.45) is 3.21. The van der Waals surface area contributed by atoms with Crippen molar-refractivity contribution in [2.45, 2.75) is 40.0 Å². The van der Waals surface area contributed by atoms with Crippen LogP contribution in [0.3, 0.4) is 0 Å². The molecule has 1 atom stereocenters. The zero-order valence-corrected chi connectivity index (χ0v) is 15.0. The Kier molecular flexibility index (Phi) is 6.64. The number of piperidine rings is 1. The fourth-order valence-electron chi connectivity index (χ4n) is 3.05. The molecule has 2 rings (SSSR count). The lowest BCUT2D eigenvalue weighted by Crippen LogP contribution is -2.39. The first kappa shape index (κ1) is 18.3. The number of amides is 2. The van der Waals surface area contributed by atoms with Gasteiger partial charge < -0.3 is 15.5 Å². The number of carbonyl (C=O) groups is 2. The lowest BCUT2D eigenvalue weighted by atomic mass is 9.99. The molecule has 1 aliphatic heterocycles. The highest BCUT2D eigenvalue weighted by molar-refractivity contribution is 5.95. The second-order valence-electron chi connectivity index (χ2n) is 6.73. The maximum absolute atomic E-state index is 12.6. The molecule has 2 N–H and O–H groups in total. The van der Waals surface area contributed by atoms with Crippen molar-refractivity contribution in [3.63, 3.8) is 0 Å². The largest absolute Gasteiger partial charge is 0.376 e. The van der Waals surface area contributed by atoms with E-state index in [1.807, 2.05) is 36.9 Å². The third-order valence-corrected chi connectivity index (χ3v) is 4.43. The molecule has 1 aliphatic rings. The molecule has 0 unspecified atom stereocenters. The molecule has 1 aromatic carbocycles. The molecule has 0 aliphatic carbocycles. The van der Waals surface area contributed by atoms with Gasteiger partial charge in [0.25, 0.3) is 5.91 Å². The molecule has 5 nitrogen and oxygen atoms in total. The van der Waals surface area contributed by atoms with Crippen molar-refractivity contribution < 1.29 is 9.59 Å². The lowest BCUT2D eigenvalue weighted by molar-refractivity contribution is -0.119. The molecule has 1 saturated heterocycles. The molecule has 0 saturated carbocycles. The maximum atomic E-state index is 12.6. The van der Waals surface area contributed by atoms with E-state index in [0.29, 0.717) is 12.5 Å². The Morgan fingerprint density at radius 2 is 2.12 bits per heavy atom. The first-order valence-corrected chi connectivity index (χ1v) is 8.91. The van der Waals surface area contributed by atoms with Crippen LogP contribution in [0.25, 0.3) is 0 Å². The number of carbonyl (C=O) groups excluding carboxylic acids is 2. The number of nitrogens with one attached hydrogen (secondary N) is 2. The minimum Gasteiger partial charge on any atom is -0.376 e. The first-order chi connectivity index (χ1) is 11.5. The van der Waals surface area contributed by atoms with Crippen LogP contribution in [0.15, 0.2) is 18.2 Å². The van der Waals surface area contributed by atoms with Crippen LogP contribution >= 0.6 is 0 Å². The van der Waals surface area contributed by atoms with Crippen molar-refractivity contribution in [2.75, 3.05) is 31.5 Å². The maximum Gasteiger partial charge on any atom is 0.253 e. The average Bonchev–Trinajstić information content (AvgIpc) is 2.58. The van der Waals surface area contributed by atoms with Gasteiger partial charge in [-0.3, -0.25) is 9.59 Å². The van der Waals surface area contributed by atoms with Gasteiger partial charge in [-0.25, -0.2) is 0 Å². The van der Waals surface area contributed by atoms with Gasteiger partial charge in [0.1, 0.15) is 0 Å². The van der Waals surface area contributed by atoms with E-state index in [4.69, 9.17) is 0 Å². The van der Waals surface area contributed by atoms with Gasteiger partial charge in [-0.15, -0.1) is 0 Å². The number of aryl methyl sites for hydroxylation is 1. The number of nitrogens with zero attached hydrogens (tertiary/aromatic N) is 1. The zero-order chi connectivity index (χ0) is 17.5. The number of likely N-dealkylation sites (tertiary alicyclic amines) is 1. The van der Waals surface area contributed by atoms with E-state index < -0.39 is 0 Å². The molecule has 0 aromatic heterocycles. The summed E-state index contributed by atoms with van der Waals surface area (Å²) < 4.78 is 0. The molecule has 1 heterocycles. The SMILES string of the molecule is CCCNC(=O)CNc1ccc(C(=O)N2CCC[C@H](C)C2)cc1C. The molecule has 5 heteroatoms. The Morgan fingerprint density at radius 1 is 1.33 bits per heavy atom. The standard InChI is InChI=1S/C19H29N3O2/c1-4-9-20-18(23)12-21-17-8-7-16(11-15(17)3)19(24)22-10-5-6-14(2)13-22/h7-8,11,14,21H,4-6,9-10,12-13H2,1-3H3,(H,20,23)/t14-/m0/s1. The lowest BCUT2D eigenvalue weighted by Gasteiger charge is -2.31. The molecule has 1 aromatic rings. The van der Waals surface area contributed by atoms with Crippen molar-refractivity contribution in [2.24, 2.45) is 5.92 Å². The summed E-state index contributed by atoms with van der Waals surface area (Å²) >= 11 is 0. The molecule has 1 fully saturated rings. The van der Waals surface area contributed by atoms with Crippen molar-refractivity contribution in [1.29, 1.82) is 0 Å². The van der Waals surface area contributed by atoms with E-state index in [2.05, 4.69) is 17.6 Å². The summed E-state index contributed by atoms with van der Waals surface area (Å²) in [5, 5.41) is 5.97. The predicted octanol–water partition coefficient (Wildman–Crippen LogP) is 2.81. The number of rotatable bonds is 6. The first-order valence-electron chi connectivity index (χ1n) is 8.91. The van der Waals surface area contributed by atoms with Gasteiger partial charge in [0.2, 0.25) is 5.91 Å². The highest BCUT2D eigenvalue weighted by Gasteiger charge is 2.22. The molecule has 132 valence electrons. The average molecular weight is 331 g/mol. The van der Waals surface area contributed by atoms with E-state index in [-0.39, 0.29) is 18.4 Å². The van der Waals surface area contributed by atoms with Crippen LogP contribution in [0.1, 0.15) is 49.0 Å². The van der Waals surface area contributed by atoms with E-state index in [0.717, 1.165) is 42.7 Å². The van der Waals surface area contributed by atoms with Crippen molar-refractivity contribution in [1.82, 2.24) is 10.2 Å². The second kappa shape index (κ2) is 8.71. The summed E-state index contributed by atoms with van der Waals surface area (Å²) in [5.41, 5.74) is 2.60. The minimum absolute atomic E-state index is 0.0151. The van der Waals surface area contributed by atoms with Gasteiger partial charge in [-0.1, -0.05) is 13.8 Å². The number of benzene rings is 1. The van der Waals surface area contributed by atoms with Crippen LogP contribution in [0.5, 0.6) is 0 Å². The van der Waals surface area contributed by atoms with Gasteiger partial charge in [0.15, 0.2) is 0 Å². The fourth-order valence-corrected chi connectivity index (χ4v) is 3.05. The molecule has 0 bridgehead atoms. The van der Waals surface area contributed by atoms with Gasteiger partial charge in [0.05, 0.1) is 6.54 Å². The summed E-state index contributed by atoms with van der Waals surface area (Å²) in [7, 11) is 0. The summed E-state index contributed by atoms with van der Waals surface area (Å²) in [5.74, 6) is 0.668. The zero-order valence-electron chi connectivity index (χ0n) is 15.0. The quantitative estimate of drug-likeness (QED) is 0.842. The molecule has 0 spiro atoms. The monoisotopic (exact) mass is 331 g/mol. The number of hydrogen-bond donors (Lipinski definition) is 2. The van der Waals surface area contributed by atoms with E-state index in [1.165, 1.54) is 6.42 Å². The van der Waals surface area contributed by atoms with Crippen molar-refractivity contribution in [3.05, 3.63) is 29.3 Å². The third kappa shape index (κ3) is 4.98. The predicted molar refractivity (Wildman–Crippen MR) is 97.3 cm³/mol. The number of hydrogen-bond acceptors (Lipinski definition) is 3. The topological polar surface area (TPSA) is 61.4 Å². The molecule has 2 amide bonds. The molecule has 0 radical (unpaired) electrons. The second-order valence-corrected chi connectivity index (χ2v) is 6.73. The molecular weight excluding hydrogens is 302 g/mol. The Bertz CT molecular complexity index is 586. The van der Waals surface area contributed by atoms with Crippen LogP contribution in [-0.4, -0.2) is 42.9 Å². The van der Waals surface area contributed by atoms with Crippen LogP contribution in [0, 0.1) is 12.8 Å². The van der Waals surface area contributed by atoms with Crippen LogP contribution in [0.4, 0.5) is 5.69 Å². The summed E-state index contributed by atoms with van der Waals surface area (Å²) in [6.45, 7) is 8.81. The molecular formula is C19H29N3O2. The van der Waals surface area contributed by atoms with Crippen molar-refractivity contribution >= 4 is 17.5 Å². The van der Waals surface area contributed by atoms with Crippen molar-refractivity contribution in [3.8, 4) is 0 Å². The summed E-state index contributed by atoms with van der Waals surface area (Å²) in [4.78, 5) is 26.3. The van der Waals surface area contributed by atoms with Gasteiger partial charge in [0, 0.05) is 30.9 Å². The Labute approximate surface area is 144 Å². The third-order valence-electron chi connectivity index (χ3n) is 4.43. The van der Waals surface area contributed by atoms with E-state index >= 15 is 0 Å². The summed E-state index contributed by atoms with van der Waals surface area (Å²) in [6, 6.07) is 5.65. The Hall–Kier alpha value is -2.04. The van der Waals surface area contributed by atoms with Gasteiger partial charge in [-0.05, 0) is 55.9 Å². The normalized spacial score (nSPS) is 17.5. The molecule has 24 heavy (non-hydrogen) atoms. The highest BCUT2D eigenvalue weighted by Crippen LogP contribution is 2.21. The van der Waals surface area contributed by atoms with E-state index in [1.54, 1.807) is 0 Å². The fraction of sp³-hybridized carbons (Fsp3) is 0.579. The van der Waals surface area contributed by atoms with Gasteiger partial charge in [-0.2, -0.15) is 0 Å². The smallest absolute Gasteiger partial charge is 0.253 e. The highest BCUT2D eigenvalue weighted by atomic mass is 16.2. The van der Waals surface area contributed by atoms with Crippen LogP contribution in [0.2, 0.25) is 0 Å². The van der Waals surface area contributed by atoms with Gasteiger partial charge >= 0.3 is 0 Å². The van der Waals surface area contributed by atoms with Crippen LogP contribution in [-0.2, 0) is 4.79 Å². The van der Waals surface area contributed by atoms with Crippen LogP contribution < -0.4 is 10.6 Å². The Balaban J connectivity index is 1.96. The minimum atomic E-state index is -0.0151. The Morgan fingerprint density at radius 3 is 2.79 bits per heavy atom. The van der Waals surface area contributed by atoms with E-state index in [9.17, 15) is 9.59 Å².